The van der Waals surface area contributed by atoms with Gasteiger partial charge in [0.2, 0.25) is 11.8 Å². The van der Waals surface area contributed by atoms with Gasteiger partial charge < -0.3 is 0 Å². The van der Waals surface area contributed by atoms with Crippen molar-refractivity contribution in [3.05, 3.63) is 0 Å². The predicted octanol–water partition coefficient (Wildman–Crippen LogP) is 1.23. The third-order valence-electron chi connectivity index (χ3n) is 2.61. The van der Waals surface area contributed by atoms with E-state index in [4.69, 9.17) is 0 Å². The molecule has 0 spiro atoms. The molecule has 90 valence electrons. The Bertz CT molecular complexity index is 312. The van der Waals surface area contributed by atoms with Crippen LogP contribution < -0.4 is 0 Å². The molecule has 0 aromatic heterocycles. The third kappa shape index (κ3) is 2.59. The molecule has 1 fully saturated rings. The van der Waals surface area contributed by atoms with Gasteiger partial charge in [0.15, 0.2) is 0 Å². The highest BCUT2D eigenvalue weighted by molar-refractivity contribution is 6.14. The molecule has 1 aliphatic rings. The van der Waals surface area contributed by atoms with E-state index in [1.165, 1.54) is 4.90 Å². The molecule has 1 heterocycles. The van der Waals surface area contributed by atoms with Crippen LogP contribution in [0.15, 0.2) is 0 Å². The topological polar surface area (TPSA) is 57.7 Å². The third-order valence-corrected chi connectivity index (χ3v) is 2.61. The highest BCUT2D eigenvalue weighted by atomic mass is 16.2. The highest BCUT2D eigenvalue weighted by Crippen LogP contribution is 2.13. The van der Waals surface area contributed by atoms with E-state index in [0.29, 0.717) is 19.0 Å². The molecule has 0 aromatic rings. The zero-order valence-corrected chi connectivity index (χ0v) is 10.0. The number of barbiturate groups is 1. The maximum atomic E-state index is 11.8. The van der Waals surface area contributed by atoms with Crippen LogP contribution in [0.3, 0.4) is 0 Å². The number of carbonyl (C=O) groups is 3. The Morgan fingerprint density at radius 3 is 2.19 bits per heavy atom. The molecule has 4 amide bonds. The molecule has 0 radical (unpaired) electrons. The average Bonchev–Trinajstić information content (AvgIpc) is 2.16. The number of amides is 4. The minimum absolute atomic E-state index is 0.183. The van der Waals surface area contributed by atoms with Crippen molar-refractivity contribution >= 4 is 17.8 Å². The summed E-state index contributed by atoms with van der Waals surface area (Å²) in [4.78, 5) is 37.0. The number of hydrogen-bond donors (Lipinski definition) is 0. The maximum Gasteiger partial charge on any atom is 0.333 e. The lowest BCUT2D eigenvalue weighted by Gasteiger charge is -2.32. The Morgan fingerprint density at radius 1 is 1.12 bits per heavy atom. The van der Waals surface area contributed by atoms with Gasteiger partial charge in [-0.3, -0.25) is 19.4 Å². The van der Waals surface area contributed by atoms with Crippen molar-refractivity contribution in [3.8, 4) is 0 Å². The van der Waals surface area contributed by atoms with E-state index >= 15 is 0 Å². The van der Waals surface area contributed by atoms with E-state index in [9.17, 15) is 14.4 Å². The lowest BCUT2D eigenvalue weighted by Crippen LogP contribution is -2.55. The molecule has 0 aliphatic carbocycles. The zero-order chi connectivity index (χ0) is 12.3. The van der Waals surface area contributed by atoms with Crippen molar-refractivity contribution in [2.75, 3.05) is 13.1 Å². The minimum atomic E-state index is -0.468. The number of carbonyl (C=O) groups excluding carboxylic acids is 3. The average molecular weight is 226 g/mol. The van der Waals surface area contributed by atoms with Crippen molar-refractivity contribution in [1.82, 2.24) is 9.80 Å². The van der Waals surface area contributed by atoms with Gasteiger partial charge >= 0.3 is 6.03 Å². The molecular formula is C11H18N2O3. The number of nitrogens with zero attached hydrogens (tertiary/aromatic N) is 2. The van der Waals surface area contributed by atoms with Gasteiger partial charge in [0.05, 0.1) is 0 Å². The lowest BCUT2D eigenvalue weighted by molar-refractivity contribution is -0.142. The lowest BCUT2D eigenvalue weighted by atomic mass is 10.1. The normalized spacial score (nSPS) is 17.6. The van der Waals surface area contributed by atoms with Gasteiger partial charge in [0.1, 0.15) is 6.42 Å². The molecule has 0 atom stereocenters. The van der Waals surface area contributed by atoms with Gasteiger partial charge in [-0.25, -0.2) is 4.79 Å². The maximum absolute atomic E-state index is 11.8. The fourth-order valence-corrected chi connectivity index (χ4v) is 1.60. The van der Waals surface area contributed by atoms with E-state index < -0.39 is 11.9 Å². The predicted molar refractivity (Wildman–Crippen MR) is 58.6 cm³/mol. The van der Waals surface area contributed by atoms with Crippen LogP contribution in [-0.4, -0.2) is 40.7 Å². The fourth-order valence-electron chi connectivity index (χ4n) is 1.60. The van der Waals surface area contributed by atoms with Crippen LogP contribution in [0.5, 0.6) is 0 Å². The first kappa shape index (κ1) is 12.7. The van der Waals surface area contributed by atoms with Crippen molar-refractivity contribution in [1.29, 1.82) is 0 Å². The summed E-state index contributed by atoms with van der Waals surface area (Å²) in [7, 11) is 0. The van der Waals surface area contributed by atoms with E-state index in [2.05, 4.69) is 0 Å². The first-order chi connectivity index (χ1) is 7.47. The molecule has 0 aromatic carbocycles. The van der Waals surface area contributed by atoms with Crippen LogP contribution in [0.25, 0.3) is 0 Å². The van der Waals surface area contributed by atoms with E-state index in [0.717, 1.165) is 11.3 Å². The summed E-state index contributed by atoms with van der Waals surface area (Å²) in [5.74, 6) is -0.341. The molecule has 1 aliphatic heterocycles. The first-order valence-electron chi connectivity index (χ1n) is 5.62. The smallest absolute Gasteiger partial charge is 0.274 e. The number of hydrogen-bond acceptors (Lipinski definition) is 3. The molecule has 0 bridgehead atoms. The van der Waals surface area contributed by atoms with Gasteiger partial charge in [0.25, 0.3) is 0 Å². The molecule has 0 unspecified atom stereocenters. The standard InChI is InChI=1S/C11H18N2O3/c1-4-12-9(14)7-10(15)13(11(12)16)6-5-8(2)3/h8H,4-7H2,1-3H3. The Morgan fingerprint density at radius 2 is 1.69 bits per heavy atom. The summed E-state index contributed by atoms with van der Waals surface area (Å²) < 4.78 is 0. The molecule has 0 N–H and O–H groups in total. The van der Waals surface area contributed by atoms with Crippen LogP contribution in [0.4, 0.5) is 4.79 Å². The van der Waals surface area contributed by atoms with E-state index in [1.54, 1.807) is 6.92 Å². The second-order valence-electron chi connectivity index (χ2n) is 4.33. The quantitative estimate of drug-likeness (QED) is 0.677. The van der Waals surface area contributed by atoms with Gasteiger partial charge in [-0.2, -0.15) is 0 Å². The van der Waals surface area contributed by atoms with Crippen molar-refractivity contribution in [2.45, 2.75) is 33.6 Å². The van der Waals surface area contributed by atoms with Crippen LogP contribution in [-0.2, 0) is 9.59 Å². The van der Waals surface area contributed by atoms with Gasteiger partial charge in [-0.05, 0) is 19.3 Å². The molecule has 5 nitrogen and oxygen atoms in total. The molecule has 16 heavy (non-hydrogen) atoms. The second-order valence-corrected chi connectivity index (χ2v) is 4.33. The number of rotatable bonds is 4. The van der Waals surface area contributed by atoms with Crippen LogP contribution in [0.1, 0.15) is 33.6 Å². The largest absolute Gasteiger partial charge is 0.333 e. The summed E-state index contributed by atoms with van der Waals surface area (Å²) >= 11 is 0. The Labute approximate surface area is 95.4 Å². The summed E-state index contributed by atoms with van der Waals surface area (Å²) in [5, 5.41) is 0. The SMILES string of the molecule is CCN1C(=O)CC(=O)N(CCC(C)C)C1=O. The van der Waals surface area contributed by atoms with Crippen LogP contribution >= 0.6 is 0 Å². The van der Waals surface area contributed by atoms with Gasteiger partial charge in [0, 0.05) is 13.1 Å². The number of imide groups is 2. The molecular weight excluding hydrogens is 208 g/mol. The van der Waals surface area contributed by atoms with Crippen LogP contribution in [0, 0.1) is 5.92 Å². The number of urea groups is 1. The van der Waals surface area contributed by atoms with E-state index in [1.807, 2.05) is 13.8 Å². The Hall–Kier alpha value is -1.39. The molecule has 1 saturated heterocycles. The minimum Gasteiger partial charge on any atom is -0.274 e. The summed E-state index contributed by atoms with van der Waals surface area (Å²) in [6, 6.07) is -0.468. The Balaban J connectivity index is 2.71. The Kier molecular flexibility index (Phi) is 4.04. The van der Waals surface area contributed by atoms with E-state index in [-0.39, 0.29) is 12.3 Å². The molecule has 5 heteroatoms. The van der Waals surface area contributed by atoms with Gasteiger partial charge in [-0.15, -0.1) is 0 Å². The van der Waals surface area contributed by atoms with Gasteiger partial charge in [-0.1, -0.05) is 13.8 Å². The summed E-state index contributed by atoms with van der Waals surface area (Å²) in [5.41, 5.74) is 0. The monoisotopic (exact) mass is 226 g/mol. The van der Waals surface area contributed by atoms with Crippen LogP contribution in [0.2, 0.25) is 0 Å². The molecule has 1 rings (SSSR count). The molecule has 0 saturated carbocycles. The fraction of sp³-hybridized carbons (Fsp3) is 0.727. The second kappa shape index (κ2) is 5.09. The van der Waals surface area contributed by atoms with Crippen molar-refractivity contribution in [2.24, 2.45) is 5.92 Å². The summed E-state index contributed by atoms with van der Waals surface area (Å²) in [6.07, 6.45) is 0.584. The van der Waals surface area contributed by atoms with Crippen molar-refractivity contribution in [3.63, 3.8) is 0 Å². The zero-order valence-electron chi connectivity index (χ0n) is 10.0. The summed E-state index contributed by atoms with van der Waals surface area (Å²) in [6.45, 7) is 6.51. The first-order valence-corrected chi connectivity index (χ1v) is 5.62. The van der Waals surface area contributed by atoms with Crippen molar-refractivity contribution < 1.29 is 14.4 Å². The highest BCUT2D eigenvalue weighted by Gasteiger charge is 2.36.